The molecule has 9 aromatic carbocycles. The van der Waals surface area contributed by atoms with Gasteiger partial charge in [0.15, 0.2) is 0 Å². The number of hydrogen-bond acceptors (Lipinski definition) is 0. The molecule has 70 heavy (non-hydrogen) atoms. The number of benzene rings is 9. The van der Waals surface area contributed by atoms with E-state index in [1.807, 2.05) is 0 Å². The van der Waals surface area contributed by atoms with Gasteiger partial charge < -0.3 is 0 Å². The van der Waals surface area contributed by atoms with Gasteiger partial charge in [0, 0.05) is 11.8 Å². The summed E-state index contributed by atoms with van der Waals surface area (Å²) in [4.78, 5) is 0. The zero-order chi connectivity index (χ0) is 45.9. The average Bonchev–Trinajstić information content (AvgIpc) is 3.94. The van der Waals surface area contributed by atoms with E-state index in [1.54, 1.807) is 0 Å². The molecule has 0 saturated carbocycles. The number of fused-ring (bicyclic) bond motifs is 9. The summed E-state index contributed by atoms with van der Waals surface area (Å²) in [6.45, 7) is 0. The van der Waals surface area contributed by atoms with E-state index in [9.17, 15) is 0 Å². The molecule has 0 nitrogen and oxygen atoms in total. The zero-order valence-corrected chi connectivity index (χ0v) is 38.9. The summed E-state index contributed by atoms with van der Waals surface area (Å²) < 4.78 is 0. The topological polar surface area (TPSA) is 0 Å². The smallest absolute Gasteiger partial charge is 0.0212 e. The lowest BCUT2D eigenvalue weighted by Gasteiger charge is -2.31. The lowest BCUT2D eigenvalue weighted by atomic mass is 9.71. The van der Waals surface area contributed by atoms with E-state index in [4.69, 9.17) is 0 Å². The highest BCUT2D eigenvalue weighted by Crippen LogP contribution is 2.69. The minimum absolute atomic E-state index is 0.139. The van der Waals surface area contributed by atoms with Crippen molar-refractivity contribution < 1.29 is 0 Å². The summed E-state index contributed by atoms with van der Waals surface area (Å²) in [5.74, 6) is 0.282. The second-order valence-corrected chi connectivity index (χ2v) is 19.9. The average molecular weight is 889 g/mol. The van der Waals surface area contributed by atoms with Crippen LogP contribution in [0.2, 0.25) is 0 Å². The summed E-state index contributed by atoms with van der Waals surface area (Å²) in [5.41, 5.74) is 27.4. The summed E-state index contributed by atoms with van der Waals surface area (Å²) >= 11 is 0. The molecule has 0 N–H and O–H groups in total. The molecule has 15 rings (SSSR count). The van der Waals surface area contributed by atoms with Gasteiger partial charge in [-0.2, -0.15) is 0 Å². The molecule has 0 saturated heterocycles. The van der Waals surface area contributed by atoms with Crippen molar-refractivity contribution >= 4 is 65.8 Å². The Kier molecular flexibility index (Phi) is 8.84. The molecule has 328 valence electrons. The molecule has 2 atom stereocenters. The van der Waals surface area contributed by atoms with Gasteiger partial charge in [0.25, 0.3) is 0 Å². The van der Waals surface area contributed by atoms with E-state index in [-0.39, 0.29) is 11.8 Å². The van der Waals surface area contributed by atoms with Crippen LogP contribution in [0.3, 0.4) is 0 Å². The Morgan fingerprint density at radius 2 is 0.643 bits per heavy atom. The summed E-state index contributed by atoms with van der Waals surface area (Å²) in [7, 11) is 0. The Morgan fingerprint density at radius 1 is 0.286 bits per heavy atom. The highest BCUT2D eigenvalue weighted by Gasteiger charge is 2.51. The molecule has 0 amide bonds. The lowest BCUT2D eigenvalue weighted by Crippen LogP contribution is -2.18. The fourth-order valence-electron chi connectivity index (χ4n) is 13.5. The summed E-state index contributed by atoms with van der Waals surface area (Å²) in [6, 6.07) is 64.3. The quantitative estimate of drug-likeness (QED) is 0.146. The van der Waals surface area contributed by atoms with Gasteiger partial charge in [0.1, 0.15) is 0 Å². The van der Waals surface area contributed by atoms with E-state index >= 15 is 0 Å². The highest BCUT2D eigenvalue weighted by atomic mass is 14.5. The molecule has 0 bridgehead atoms. The molecular formula is C70H48. The van der Waals surface area contributed by atoms with Crippen LogP contribution in [0.15, 0.2) is 231 Å². The van der Waals surface area contributed by atoms with Crippen LogP contribution in [-0.2, 0) is 0 Å². The first-order valence-electron chi connectivity index (χ1n) is 25.3. The number of rotatable bonds is 6. The Bertz CT molecular complexity index is 4020. The number of hydrogen-bond donors (Lipinski definition) is 0. The maximum atomic E-state index is 2.56. The van der Waals surface area contributed by atoms with Gasteiger partial charge in [-0.3, -0.25) is 0 Å². The number of allylic oxidation sites excluding steroid dienone is 16. The third-order valence-electron chi connectivity index (χ3n) is 16.3. The predicted molar refractivity (Wildman–Crippen MR) is 299 cm³/mol. The van der Waals surface area contributed by atoms with Crippen LogP contribution in [-0.4, -0.2) is 0 Å². The first-order valence-corrected chi connectivity index (χ1v) is 25.3. The maximum absolute atomic E-state index is 2.56. The van der Waals surface area contributed by atoms with E-state index in [2.05, 4.69) is 231 Å². The van der Waals surface area contributed by atoms with Crippen molar-refractivity contribution in [2.45, 2.75) is 25.7 Å². The van der Waals surface area contributed by atoms with Gasteiger partial charge in [-0.25, -0.2) is 0 Å². The van der Waals surface area contributed by atoms with Crippen molar-refractivity contribution in [2.75, 3.05) is 0 Å². The monoisotopic (exact) mass is 888 g/mol. The molecule has 0 heterocycles. The van der Waals surface area contributed by atoms with E-state index < -0.39 is 0 Å². The van der Waals surface area contributed by atoms with Gasteiger partial charge in [-0.15, -0.1) is 0 Å². The van der Waals surface area contributed by atoms with E-state index in [0.29, 0.717) is 0 Å². The van der Waals surface area contributed by atoms with Crippen LogP contribution < -0.4 is 0 Å². The summed E-state index contributed by atoms with van der Waals surface area (Å²) in [5, 5.41) is 7.79. The lowest BCUT2D eigenvalue weighted by molar-refractivity contribution is 0.759. The second-order valence-electron chi connectivity index (χ2n) is 19.9. The minimum atomic E-state index is 0.139. The van der Waals surface area contributed by atoms with E-state index in [1.165, 1.54) is 144 Å². The van der Waals surface area contributed by atoms with Crippen LogP contribution in [0.5, 0.6) is 0 Å². The van der Waals surface area contributed by atoms with Crippen molar-refractivity contribution in [3.8, 4) is 44.5 Å². The third-order valence-corrected chi connectivity index (χ3v) is 16.3. The molecule has 0 spiro atoms. The largest absolute Gasteiger partial charge is 0.0842 e. The van der Waals surface area contributed by atoms with Crippen LogP contribution in [0.4, 0.5) is 0 Å². The van der Waals surface area contributed by atoms with E-state index in [0.717, 1.165) is 25.7 Å². The molecule has 9 aromatic rings. The van der Waals surface area contributed by atoms with Gasteiger partial charge >= 0.3 is 0 Å². The maximum Gasteiger partial charge on any atom is 0.0212 e. The predicted octanol–water partition coefficient (Wildman–Crippen LogP) is 18.8. The Labute approximate surface area is 409 Å². The van der Waals surface area contributed by atoms with Crippen LogP contribution >= 0.6 is 0 Å². The molecule has 0 aliphatic heterocycles. The van der Waals surface area contributed by atoms with Crippen molar-refractivity contribution in [2.24, 2.45) is 11.8 Å². The molecule has 0 heteroatoms. The van der Waals surface area contributed by atoms with Crippen LogP contribution in [0.1, 0.15) is 59.1 Å². The van der Waals surface area contributed by atoms with Crippen molar-refractivity contribution in [3.63, 3.8) is 0 Å². The Hall–Kier alpha value is -8.32. The molecule has 6 aliphatic carbocycles. The summed E-state index contributed by atoms with van der Waals surface area (Å²) in [6.07, 6.45) is 28.2. The Balaban J connectivity index is 1.08. The Morgan fingerprint density at radius 3 is 1.10 bits per heavy atom. The molecule has 0 aromatic heterocycles. The van der Waals surface area contributed by atoms with Crippen molar-refractivity contribution in [3.05, 3.63) is 264 Å². The molecule has 6 aliphatic rings. The van der Waals surface area contributed by atoms with Gasteiger partial charge in [-0.05, 0) is 181 Å². The van der Waals surface area contributed by atoms with Gasteiger partial charge in [0.05, 0.1) is 0 Å². The fourth-order valence-corrected chi connectivity index (χ4v) is 13.5. The first-order chi connectivity index (χ1) is 34.8. The SMILES string of the molecule is C1=CCCC(c2ccccc2-c2c3c(c(-c4ccccc4)c4ccccc24)C2=CC=C4c5c(c(-c6ccccc6)c6cc7ccccc7cc6c5-c5ccccc5C5=CC=CCC5)C5=CC=C3C2C54)=C1. The molecule has 0 fully saturated rings. The van der Waals surface area contributed by atoms with Gasteiger partial charge in [-0.1, -0.05) is 218 Å². The fraction of sp³-hybridized carbons (Fsp3) is 0.0857. The normalized spacial score (nSPS) is 18.2. The standard InChI is InChI=1S/C70H48/c1-5-21-43(22-6-1)49-31-15-17-33-51(49)63-54-36-20-19-35-53(54)61(45-25-9-3-10-26-45)67-55-37-40-58-66-56(38-39-57(65(55)66)69(63)67)68-62(46-27-11-4-12-28-46)59-41-47-29-13-14-30-48(47)42-60(59)64(70(58)68)52-34-18-16-32-50(52)44-23-7-2-8-24-44/h1-5,7,9-21,23,25-42,65-66H,6,8,22,24H2. The molecule has 2 unspecified atom stereocenters. The van der Waals surface area contributed by atoms with Crippen molar-refractivity contribution in [1.82, 2.24) is 0 Å². The van der Waals surface area contributed by atoms with Crippen LogP contribution in [0.25, 0.3) is 110 Å². The third kappa shape index (κ3) is 5.71. The zero-order valence-electron chi connectivity index (χ0n) is 38.9. The molecule has 0 radical (unpaired) electrons. The second kappa shape index (κ2) is 15.6. The minimum Gasteiger partial charge on any atom is -0.0842 e. The molecular weight excluding hydrogens is 841 g/mol. The first kappa shape index (κ1) is 39.7. The van der Waals surface area contributed by atoms with Gasteiger partial charge in [0.2, 0.25) is 0 Å². The van der Waals surface area contributed by atoms with Crippen molar-refractivity contribution in [1.29, 1.82) is 0 Å². The highest BCUT2D eigenvalue weighted by molar-refractivity contribution is 6.25. The van der Waals surface area contributed by atoms with Crippen LogP contribution in [0, 0.1) is 11.8 Å².